The van der Waals surface area contributed by atoms with Gasteiger partial charge in [-0.05, 0) is 78.3 Å². The fraction of sp³-hybridized carbons (Fsp3) is 0.545. The van der Waals surface area contributed by atoms with Crippen LogP contribution in [0.4, 0.5) is 0 Å². The molecule has 2 aromatic heterocycles. The van der Waals surface area contributed by atoms with E-state index in [1.807, 2.05) is 24.5 Å². The van der Waals surface area contributed by atoms with Gasteiger partial charge in [-0.1, -0.05) is 30.5 Å². The second-order valence-electron chi connectivity index (χ2n) is 8.20. The Morgan fingerprint density at radius 2 is 2.04 bits per heavy atom. The van der Waals surface area contributed by atoms with Gasteiger partial charge >= 0.3 is 0 Å². The molecule has 4 nitrogen and oxygen atoms in total. The maximum atomic E-state index is 6.33. The first-order valence-corrected chi connectivity index (χ1v) is 11.3. The molecule has 1 spiro atoms. The van der Waals surface area contributed by atoms with Crippen LogP contribution in [0.2, 0.25) is 5.15 Å². The molecule has 2 aliphatic rings. The van der Waals surface area contributed by atoms with Crippen molar-refractivity contribution in [2.75, 3.05) is 13.2 Å². The Kier molecular flexibility index (Phi) is 6.36. The smallest absolute Gasteiger partial charge is 0.143 e. The van der Waals surface area contributed by atoms with Gasteiger partial charge < -0.3 is 10.1 Å². The van der Waals surface area contributed by atoms with Crippen molar-refractivity contribution in [3.8, 4) is 0 Å². The van der Waals surface area contributed by atoms with Crippen LogP contribution < -0.4 is 5.32 Å². The minimum atomic E-state index is 0.0702. The van der Waals surface area contributed by atoms with E-state index >= 15 is 0 Å². The summed E-state index contributed by atoms with van der Waals surface area (Å²) >= 11 is 9.44. The molecular formula is C22H27BrClN3O. The molecule has 0 radical (unpaired) electrons. The van der Waals surface area contributed by atoms with E-state index in [2.05, 4.69) is 38.4 Å². The number of hydrogen-bond donors (Lipinski definition) is 1. The predicted molar refractivity (Wildman–Crippen MR) is 116 cm³/mol. The van der Waals surface area contributed by atoms with Crippen LogP contribution in [-0.2, 0) is 16.7 Å². The normalized spacial score (nSPS) is 23.9. The predicted octanol–water partition coefficient (Wildman–Crippen LogP) is 5.43. The highest BCUT2D eigenvalue weighted by Crippen LogP contribution is 2.49. The van der Waals surface area contributed by atoms with Crippen LogP contribution in [0.15, 0.2) is 41.1 Å². The van der Waals surface area contributed by atoms with Crippen LogP contribution in [0.3, 0.4) is 0 Å². The summed E-state index contributed by atoms with van der Waals surface area (Å²) in [6.07, 6.45) is 11.9. The molecule has 1 atom stereocenters. The van der Waals surface area contributed by atoms with Crippen molar-refractivity contribution in [3.05, 3.63) is 57.5 Å². The summed E-state index contributed by atoms with van der Waals surface area (Å²) in [5.41, 5.74) is 2.51. The van der Waals surface area contributed by atoms with E-state index in [-0.39, 0.29) is 11.0 Å². The van der Waals surface area contributed by atoms with Gasteiger partial charge in [0, 0.05) is 36.7 Å². The number of halogens is 2. The van der Waals surface area contributed by atoms with Crippen LogP contribution in [0.1, 0.15) is 56.2 Å². The van der Waals surface area contributed by atoms with E-state index in [0.29, 0.717) is 5.15 Å². The molecule has 1 aliphatic heterocycles. The third-order valence-corrected chi connectivity index (χ3v) is 7.47. The number of nitrogens with one attached hydrogen (secondary N) is 1. The minimum Gasteiger partial charge on any atom is -0.375 e. The number of pyridine rings is 2. The molecule has 28 heavy (non-hydrogen) atoms. The van der Waals surface area contributed by atoms with Gasteiger partial charge in [-0.2, -0.15) is 0 Å². The second-order valence-corrected chi connectivity index (χ2v) is 9.42. The van der Waals surface area contributed by atoms with Gasteiger partial charge in [0.05, 0.1) is 10.1 Å². The Morgan fingerprint density at radius 1 is 1.18 bits per heavy atom. The zero-order chi connectivity index (χ0) is 19.5. The van der Waals surface area contributed by atoms with Crippen LogP contribution in [-0.4, -0.2) is 28.7 Å². The van der Waals surface area contributed by atoms with Gasteiger partial charge in [-0.25, -0.2) is 4.98 Å². The van der Waals surface area contributed by atoms with Gasteiger partial charge in [-0.3, -0.25) is 4.98 Å². The standard InChI is InChI=1S/C22H27BrClN3O/c23-18-13-17(15-27-20(18)24)14-25-11-8-21(19-5-1-4-10-26-19)9-12-28-22(16-21)6-2-3-7-22/h1,4-5,10,13,15,25H,2-3,6-9,11-12,14,16H2/t21-/m0/s1. The van der Waals surface area contributed by atoms with Gasteiger partial charge in [0.1, 0.15) is 5.15 Å². The van der Waals surface area contributed by atoms with Crippen LogP contribution >= 0.6 is 27.5 Å². The summed E-state index contributed by atoms with van der Waals surface area (Å²) in [4.78, 5) is 8.98. The number of aromatic nitrogens is 2. The van der Waals surface area contributed by atoms with Crippen molar-refractivity contribution >= 4 is 27.5 Å². The van der Waals surface area contributed by atoms with E-state index in [1.165, 1.54) is 31.4 Å². The number of rotatable bonds is 6. The average molecular weight is 465 g/mol. The lowest BCUT2D eigenvalue weighted by Gasteiger charge is -2.46. The molecule has 1 N–H and O–H groups in total. The molecule has 0 bridgehead atoms. The molecule has 0 unspecified atom stereocenters. The summed E-state index contributed by atoms with van der Waals surface area (Å²) in [5.74, 6) is 0. The van der Waals surface area contributed by atoms with Gasteiger partial charge in [0.25, 0.3) is 0 Å². The largest absolute Gasteiger partial charge is 0.375 e. The number of hydrogen-bond acceptors (Lipinski definition) is 4. The lowest BCUT2D eigenvalue weighted by Crippen LogP contribution is -2.47. The first-order chi connectivity index (χ1) is 13.6. The molecule has 4 rings (SSSR count). The first kappa shape index (κ1) is 20.3. The lowest BCUT2D eigenvalue weighted by atomic mass is 9.68. The van der Waals surface area contributed by atoms with Gasteiger partial charge in [-0.15, -0.1) is 0 Å². The quantitative estimate of drug-likeness (QED) is 0.457. The van der Waals surface area contributed by atoms with E-state index in [0.717, 1.165) is 49.0 Å². The van der Waals surface area contributed by atoms with E-state index < -0.39 is 0 Å². The number of nitrogens with zero attached hydrogens (tertiary/aromatic N) is 2. The Labute approximate surface area is 180 Å². The zero-order valence-corrected chi connectivity index (χ0v) is 18.4. The summed E-state index contributed by atoms with van der Waals surface area (Å²) < 4.78 is 7.17. The Hall–Kier alpha value is -1.01. The summed E-state index contributed by atoms with van der Waals surface area (Å²) in [5, 5.41) is 4.10. The van der Waals surface area contributed by atoms with E-state index in [9.17, 15) is 0 Å². The van der Waals surface area contributed by atoms with E-state index in [4.69, 9.17) is 21.3 Å². The molecule has 1 saturated heterocycles. The van der Waals surface area contributed by atoms with Crippen molar-refractivity contribution in [3.63, 3.8) is 0 Å². The van der Waals surface area contributed by atoms with E-state index in [1.54, 1.807) is 0 Å². The molecule has 0 aromatic carbocycles. The second kappa shape index (κ2) is 8.78. The molecule has 0 amide bonds. The van der Waals surface area contributed by atoms with Crippen LogP contribution in [0.5, 0.6) is 0 Å². The first-order valence-electron chi connectivity index (χ1n) is 10.2. The Morgan fingerprint density at radius 3 is 2.79 bits per heavy atom. The highest BCUT2D eigenvalue weighted by atomic mass is 79.9. The zero-order valence-electron chi connectivity index (χ0n) is 16.1. The maximum Gasteiger partial charge on any atom is 0.143 e. The molecule has 3 heterocycles. The third kappa shape index (κ3) is 4.43. The summed E-state index contributed by atoms with van der Waals surface area (Å²) in [6, 6.07) is 8.35. The minimum absolute atomic E-state index is 0.0702. The van der Waals surface area contributed by atoms with Crippen molar-refractivity contribution in [2.24, 2.45) is 0 Å². The lowest BCUT2D eigenvalue weighted by molar-refractivity contribution is -0.104. The van der Waals surface area contributed by atoms with Gasteiger partial charge in [0.2, 0.25) is 0 Å². The van der Waals surface area contributed by atoms with Crippen LogP contribution in [0.25, 0.3) is 0 Å². The molecule has 6 heteroatoms. The fourth-order valence-electron chi connectivity index (χ4n) is 4.91. The van der Waals surface area contributed by atoms with Crippen LogP contribution in [0, 0.1) is 0 Å². The average Bonchev–Trinajstić information content (AvgIpc) is 3.16. The molecule has 150 valence electrons. The molecule has 2 aromatic rings. The van der Waals surface area contributed by atoms with Crippen molar-refractivity contribution in [2.45, 2.75) is 62.5 Å². The Balaban J connectivity index is 1.45. The Bertz CT molecular complexity index is 798. The summed E-state index contributed by atoms with van der Waals surface area (Å²) in [7, 11) is 0. The highest BCUT2D eigenvalue weighted by molar-refractivity contribution is 9.10. The fourth-order valence-corrected chi connectivity index (χ4v) is 5.41. The number of ether oxygens (including phenoxy) is 1. The molecule has 1 aliphatic carbocycles. The molecular weight excluding hydrogens is 438 g/mol. The third-order valence-electron chi connectivity index (χ3n) is 6.33. The highest BCUT2D eigenvalue weighted by Gasteiger charge is 2.48. The SMILES string of the molecule is Clc1ncc(CNCC[C@]2(c3ccccn3)CCOC3(CCCC3)C2)cc1Br. The van der Waals surface area contributed by atoms with Crippen molar-refractivity contribution in [1.82, 2.24) is 15.3 Å². The maximum absolute atomic E-state index is 6.33. The molecule has 1 saturated carbocycles. The summed E-state index contributed by atoms with van der Waals surface area (Å²) in [6.45, 7) is 2.56. The van der Waals surface area contributed by atoms with Gasteiger partial charge in [0.15, 0.2) is 0 Å². The monoisotopic (exact) mass is 463 g/mol. The van der Waals surface area contributed by atoms with Crippen molar-refractivity contribution < 1.29 is 4.74 Å². The molecule has 2 fully saturated rings. The topological polar surface area (TPSA) is 47.0 Å². The van der Waals surface area contributed by atoms with Crippen molar-refractivity contribution in [1.29, 1.82) is 0 Å².